The van der Waals surface area contributed by atoms with E-state index in [9.17, 15) is 4.79 Å². The number of rotatable bonds is 3. The van der Waals surface area contributed by atoms with E-state index in [1.54, 1.807) is 6.07 Å². The van der Waals surface area contributed by atoms with Gasteiger partial charge < -0.3 is 10.6 Å². The Labute approximate surface area is 115 Å². The zero-order chi connectivity index (χ0) is 13.8. The second kappa shape index (κ2) is 6.09. The number of likely N-dealkylation sites (tertiary alicyclic amines) is 1. The second-order valence-corrected chi connectivity index (χ2v) is 5.66. The molecule has 0 spiro atoms. The van der Waals surface area contributed by atoms with E-state index in [1.165, 1.54) is 12.8 Å². The molecule has 1 aromatic rings. The Kier molecular flexibility index (Phi) is 4.46. The molecule has 0 aliphatic carbocycles. The lowest BCUT2D eigenvalue weighted by atomic mass is 9.92. The van der Waals surface area contributed by atoms with Crippen LogP contribution in [0.3, 0.4) is 0 Å². The highest BCUT2D eigenvalue weighted by atomic mass is 16.2. The van der Waals surface area contributed by atoms with Gasteiger partial charge in [-0.25, -0.2) is 0 Å². The smallest absolute Gasteiger partial charge is 0.253 e. The van der Waals surface area contributed by atoms with Gasteiger partial charge in [0.1, 0.15) is 0 Å². The molecule has 2 rings (SSSR count). The molecule has 104 valence electrons. The molecule has 0 aromatic heterocycles. The number of amides is 1. The number of benzene rings is 1. The molecule has 0 bridgehead atoms. The van der Waals surface area contributed by atoms with Crippen LogP contribution in [-0.4, -0.2) is 23.9 Å². The number of piperidine rings is 1. The van der Waals surface area contributed by atoms with Crippen molar-refractivity contribution in [2.24, 2.45) is 5.92 Å². The molecule has 0 unspecified atom stereocenters. The number of hydrogen-bond acceptors (Lipinski definition) is 2. The fraction of sp³-hybridized carbons (Fsp3) is 0.562. The number of nitrogen functional groups attached to an aromatic ring is 1. The monoisotopic (exact) mass is 260 g/mol. The van der Waals surface area contributed by atoms with Crippen LogP contribution in [0.15, 0.2) is 18.2 Å². The molecule has 1 saturated heterocycles. The van der Waals surface area contributed by atoms with Crippen LogP contribution in [0, 0.1) is 12.8 Å². The Morgan fingerprint density at radius 1 is 1.32 bits per heavy atom. The van der Waals surface area contributed by atoms with Crippen molar-refractivity contribution in [1.82, 2.24) is 4.90 Å². The van der Waals surface area contributed by atoms with Gasteiger partial charge in [-0.15, -0.1) is 0 Å². The summed E-state index contributed by atoms with van der Waals surface area (Å²) >= 11 is 0. The van der Waals surface area contributed by atoms with Crippen molar-refractivity contribution in [2.45, 2.75) is 39.5 Å². The van der Waals surface area contributed by atoms with Crippen LogP contribution in [0.5, 0.6) is 0 Å². The highest BCUT2D eigenvalue weighted by Crippen LogP contribution is 2.23. The van der Waals surface area contributed by atoms with E-state index in [1.807, 2.05) is 24.0 Å². The van der Waals surface area contributed by atoms with Gasteiger partial charge in [-0.3, -0.25) is 4.79 Å². The van der Waals surface area contributed by atoms with Crippen molar-refractivity contribution in [3.05, 3.63) is 29.3 Å². The van der Waals surface area contributed by atoms with Crippen molar-refractivity contribution >= 4 is 11.6 Å². The van der Waals surface area contributed by atoms with Crippen LogP contribution >= 0.6 is 0 Å². The van der Waals surface area contributed by atoms with E-state index < -0.39 is 0 Å². The molecule has 1 aliphatic rings. The number of carbonyl (C=O) groups excluding carboxylic acids is 1. The number of aryl methyl sites for hydroxylation is 1. The third-order valence-corrected chi connectivity index (χ3v) is 3.95. The lowest BCUT2D eigenvalue weighted by Crippen LogP contribution is -2.38. The van der Waals surface area contributed by atoms with Gasteiger partial charge in [0, 0.05) is 24.3 Å². The van der Waals surface area contributed by atoms with Gasteiger partial charge >= 0.3 is 0 Å². The summed E-state index contributed by atoms with van der Waals surface area (Å²) in [5, 5.41) is 0. The number of anilines is 1. The average Bonchev–Trinajstić information content (AvgIpc) is 2.38. The van der Waals surface area contributed by atoms with Gasteiger partial charge in [0.05, 0.1) is 0 Å². The fourth-order valence-electron chi connectivity index (χ4n) is 2.95. The normalized spacial score (nSPS) is 16.6. The van der Waals surface area contributed by atoms with Crippen molar-refractivity contribution in [1.29, 1.82) is 0 Å². The molecular weight excluding hydrogens is 236 g/mol. The minimum atomic E-state index is 0.130. The maximum Gasteiger partial charge on any atom is 0.253 e. The van der Waals surface area contributed by atoms with Crippen LogP contribution < -0.4 is 5.73 Å². The van der Waals surface area contributed by atoms with Crippen molar-refractivity contribution in [3.8, 4) is 0 Å². The predicted molar refractivity (Wildman–Crippen MR) is 79.1 cm³/mol. The minimum absolute atomic E-state index is 0.130. The molecule has 0 radical (unpaired) electrons. The second-order valence-electron chi connectivity index (χ2n) is 5.66. The van der Waals surface area contributed by atoms with Crippen LogP contribution in [-0.2, 0) is 0 Å². The molecule has 1 amide bonds. The first-order chi connectivity index (χ1) is 9.10. The summed E-state index contributed by atoms with van der Waals surface area (Å²) in [6, 6.07) is 5.61. The van der Waals surface area contributed by atoms with Crippen LogP contribution in [0.2, 0.25) is 0 Å². The summed E-state index contributed by atoms with van der Waals surface area (Å²) in [4.78, 5) is 14.4. The summed E-state index contributed by atoms with van der Waals surface area (Å²) in [7, 11) is 0. The first-order valence-electron chi connectivity index (χ1n) is 7.26. The predicted octanol–water partition coefficient (Wildman–Crippen LogP) is 3.23. The first kappa shape index (κ1) is 13.9. The molecule has 2 N–H and O–H groups in total. The Morgan fingerprint density at radius 2 is 2.00 bits per heavy atom. The summed E-state index contributed by atoms with van der Waals surface area (Å²) < 4.78 is 0. The Morgan fingerprint density at radius 3 is 2.58 bits per heavy atom. The molecule has 19 heavy (non-hydrogen) atoms. The van der Waals surface area contributed by atoms with Crippen LogP contribution in [0.1, 0.15) is 48.5 Å². The first-order valence-corrected chi connectivity index (χ1v) is 7.26. The highest BCUT2D eigenvalue weighted by molar-refractivity contribution is 5.95. The number of nitrogens with zero attached hydrogens (tertiary/aromatic N) is 1. The van der Waals surface area contributed by atoms with Crippen LogP contribution in [0.25, 0.3) is 0 Å². The van der Waals surface area contributed by atoms with Gasteiger partial charge in [0.2, 0.25) is 0 Å². The van der Waals surface area contributed by atoms with Gasteiger partial charge in [-0.1, -0.05) is 19.8 Å². The zero-order valence-corrected chi connectivity index (χ0v) is 12.0. The fourth-order valence-corrected chi connectivity index (χ4v) is 2.95. The Bertz CT molecular complexity index is 428. The van der Waals surface area contributed by atoms with E-state index in [4.69, 9.17) is 5.73 Å². The molecule has 0 saturated carbocycles. The SMILES string of the molecule is CCCC1CCN(C(=O)c2cc(C)cc(N)c2)CC1. The van der Waals surface area contributed by atoms with E-state index in [2.05, 4.69) is 6.92 Å². The minimum Gasteiger partial charge on any atom is -0.399 e. The quantitative estimate of drug-likeness (QED) is 0.848. The lowest BCUT2D eigenvalue weighted by molar-refractivity contribution is 0.0686. The Hall–Kier alpha value is -1.51. The summed E-state index contributed by atoms with van der Waals surface area (Å²) in [5.74, 6) is 0.932. The largest absolute Gasteiger partial charge is 0.399 e. The molecule has 3 heteroatoms. The third-order valence-electron chi connectivity index (χ3n) is 3.95. The molecule has 3 nitrogen and oxygen atoms in total. The third kappa shape index (κ3) is 3.49. The van der Waals surface area contributed by atoms with Crippen LogP contribution in [0.4, 0.5) is 5.69 Å². The standard InChI is InChI=1S/C16H24N2O/c1-3-4-13-5-7-18(8-6-13)16(19)14-9-12(2)10-15(17)11-14/h9-11,13H,3-8,17H2,1-2H3. The summed E-state index contributed by atoms with van der Waals surface area (Å²) in [6.45, 7) is 5.97. The number of nitrogens with two attached hydrogens (primary N) is 1. The molecule has 1 heterocycles. The number of hydrogen-bond donors (Lipinski definition) is 1. The maximum absolute atomic E-state index is 12.4. The zero-order valence-electron chi connectivity index (χ0n) is 12.0. The summed E-state index contributed by atoms with van der Waals surface area (Å²) in [5.41, 5.74) is 8.26. The van der Waals surface area contributed by atoms with Gasteiger partial charge in [0.15, 0.2) is 0 Å². The molecule has 1 aromatic carbocycles. The summed E-state index contributed by atoms with van der Waals surface area (Å²) in [6.07, 6.45) is 4.81. The van der Waals surface area contributed by atoms with E-state index in [0.717, 1.165) is 43.0 Å². The van der Waals surface area contributed by atoms with Gasteiger partial charge in [-0.2, -0.15) is 0 Å². The highest BCUT2D eigenvalue weighted by Gasteiger charge is 2.23. The van der Waals surface area contributed by atoms with Crippen molar-refractivity contribution in [2.75, 3.05) is 18.8 Å². The topological polar surface area (TPSA) is 46.3 Å². The van der Waals surface area contributed by atoms with Crippen molar-refractivity contribution < 1.29 is 4.79 Å². The van der Waals surface area contributed by atoms with E-state index >= 15 is 0 Å². The molecule has 1 aliphatic heterocycles. The lowest BCUT2D eigenvalue weighted by Gasteiger charge is -2.32. The van der Waals surface area contributed by atoms with Crippen molar-refractivity contribution in [3.63, 3.8) is 0 Å². The molecular formula is C16H24N2O. The Balaban J connectivity index is 2.01. The average molecular weight is 260 g/mol. The van der Waals surface area contributed by atoms with Gasteiger partial charge in [-0.05, 0) is 49.4 Å². The molecule has 0 atom stereocenters. The maximum atomic E-state index is 12.4. The van der Waals surface area contributed by atoms with E-state index in [0.29, 0.717) is 5.69 Å². The van der Waals surface area contributed by atoms with Gasteiger partial charge in [0.25, 0.3) is 5.91 Å². The van der Waals surface area contributed by atoms with E-state index in [-0.39, 0.29) is 5.91 Å². The number of carbonyl (C=O) groups is 1. The molecule has 1 fully saturated rings.